The van der Waals surface area contributed by atoms with Crippen LogP contribution in [0.2, 0.25) is 0 Å². The van der Waals surface area contributed by atoms with Crippen LogP contribution in [0, 0.1) is 6.92 Å². The molecule has 0 saturated heterocycles. The van der Waals surface area contributed by atoms with Gasteiger partial charge in [-0.25, -0.2) is 4.79 Å². The number of carbonyl (C=O) groups is 1. The van der Waals surface area contributed by atoms with Crippen molar-refractivity contribution in [2.75, 3.05) is 0 Å². The second-order valence-electron chi connectivity index (χ2n) is 5.23. The maximum absolute atomic E-state index is 12.5. The summed E-state index contributed by atoms with van der Waals surface area (Å²) in [6.07, 6.45) is 4.29. The topological polar surface area (TPSA) is 54.4 Å². The van der Waals surface area contributed by atoms with Gasteiger partial charge < -0.3 is 5.11 Å². The van der Waals surface area contributed by atoms with Crippen molar-refractivity contribution in [2.45, 2.75) is 48.7 Å². The summed E-state index contributed by atoms with van der Waals surface area (Å²) in [4.78, 5) is 12.0. The molecule has 0 heterocycles. The molecule has 1 aromatic rings. The highest BCUT2D eigenvalue weighted by Gasteiger charge is 2.36. The predicted molar refractivity (Wildman–Crippen MR) is 69.5 cm³/mol. The van der Waals surface area contributed by atoms with E-state index in [-0.39, 0.29) is 5.25 Å². The molecular formula is C14H16O3S. The lowest BCUT2D eigenvalue weighted by molar-refractivity contribution is 0.0695. The molecule has 2 aliphatic rings. The van der Waals surface area contributed by atoms with E-state index in [2.05, 4.69) is 0 Å². The lowest BCUT2D eigenvalue weighted by Gasteiger charge is -2.13. The predicted octanol–water partition coefficient (Wildman–Crippen LogP) is 2.84. The van der Waals surface area contributed by atoms with Crippen LogP contribution < -0.4 is 0 Å². The molecule has 96 valence electrons. The third kappa shape index (κ3) is 1.99. The standard InChI is InChI=1S/C14H16O3S/c1-8-11(14(15)16)6-7-12(9-2-3-9)13(8)18(17)10-4-5-10/h6-7,9-10H,2-5H2,1H3,(H,15,16)/t18-/m1/s1. The van der Waals surface area contributed by atoms with E-state index in [0.29, 0.717) is 17.0 Å². The smallest absolute Gasteiger partial charge is 0.335 e. The van der Waals surface area contributed by atoms with Crippen molar-refractivity contribution < 1.29 is 14.1 Å². The van der Waals surface area contributed by atoms with E-state index in [4.69, 9.17) is 0 Å². The minimum atomic E-state index is -1.02. The number of benzene rings is 1. The average molecular weight is 264 g/mol. The third-order valence-electron chi connectivity index (χ3n) is 3.71. The number of carboxylic acids is 1. The molecule has 3 nitrogen and oxygen atoms in total. The van der Waals surface area contributed by atoms with Crippen molar-refractivity contribution >= 4 is 16.8 Å². The molecule has 0 radical (unpaired) electrons. The Bertz CT molecular complexity index is 542. The fourth-order valence-corrected chi connectivity index (χ4v) is 4.15. The molecule has 2 saturated carbocycles. The monoisotopic (exact) mass is 264 g/mol. The van der Waals surface area contributed by atoms with E-state index in [1.807, 2.05) is 6.07 Å². The fourth-order valence-electron chi connectivity index (χ4n) is 2.38. The van der Waals surface area contributed by atoms with Gasteiger partial charge in [0.2, 0.25) is 0 Å². The zero-order valence-electron chi connectivity index (χ0n) is 10.3. The third-order valence-corrected chi connectivity index (χ3v) is 5.73. The second-order valence-corrected chi connectivity index (χ2v) is 6.90. The molecule has 18 heavy (non-hydrogen) atoms. The Morgan fingerprint density at radius 2 is 1.94 bits per heavy atom. The molecular weight excluding hydrogens is 248 g/mol. The van der Waals surface area contributed by atoms with Crippen LogP contribution in [0.3, 0.4) is 0 Å². The van der Waals surface area contributed by atoms with E-state index < -0.39 is 16.8 Å². The fraction of sp³-hybridized carbons (Fsp3) is 0.500. The van der Waals surface area contributed by atoms with Crippen LogP contribution in [0.1, 0.15) is 53.1 Å². The molecule has 3 rings (SSSR count). The average Bonchev–Trinajstić information content (AvgIpc) is 3.17. The van der Waals surface area contributed by atoms with Crippen LogP contribution >= 0.6 is 0 Å². The van der Waals surface area contributed by atoms with E-state index >= 15 is 0 Å². The van der Waals surface area contributed by atoms with Gasteiger partial charge in [-0.2, -0.15) is 0 Å². The molecule has 0 spiro atoms. The number of carboxylic acid groups (broad SMARTS) is 1. The first-order chi connectivity index (χ1) is 8.59. The Hall–Kier alpha value is -1.16. The summed E-state index contributed by atoms with van der Waals surface area (Å²) >= 11 is 0. The summed E-state index contributed by atoms with van der Waals surface area (Å²) in [7, 11) is -1.02. The van der Waals surface area contributed by atoms with Crippen molar-refractivity contribution in [3.05, 3.63) is 28.8 Å². The van der Waals surface area contributed by atoms with Crippen LogP contribution in [0.4, 0.5) is 0 Å². The van der Waals surface area contributed by atoms with Crippen LogP contribution in [0.25, 0.3) is 0 Å². The maximum Gasteiger partial charge on any atom is 0.335 e. The van der Waals surface area contributed by atoms with Crippen molar-refractivity contribution in [1.29, 1.82) is 0 Å². The largest absolute Gasteiger partial charge is 0.478 e. The van der Waals surface area contributed by atoms with Crippen molar-refractivity contribution in [3.8, 4) is 0 Å². The van der Waals surface area contributed by atoms with Crippen molar-refractivity contribution in [3.63, 3.8) is 0 Å². The highest BCUT2D eigenvalue weighted by Crippen LogP contribution is 2.45. The van der Waals surface area contributed by atoms with Gasteiger partial charge in [0, 0.05) is 10.1 Å². The molecule has 4 heteroatoms. The van der Waals surface area contributed by atoms with Crippen LogP contribution in [-0.4, -0.2) is 20.5 Å². The molecule has 0 amide bonds. The van der Waals surface area contributed by atoms with Gasteiger partial charge in [0.15, 0.2) is 0 Å². The number of rotatable bonds is 4. The van der Waals surface area contributed by atoms with Gasteiger partial charge in [0.05, 0.1) is 16.4 Å². The van der Waals surface area contributed by atoms with Crippen LogP contribution in [0.5, 0.6) is 0 Å². The molecule has 2 fully saturated rings. The summed E-state index contributed by atoms with van der Waals surface area (Å²) in [5.41, 5.74) is 2.13. The first-order valence-electron chi connectivity index (χ1n) is 6.37. The second kappa shape index (κ2) is 4.19. The normalized spacial score (nSPS) is 20.7. The minimum Gasteiger partial charge on any atom is -0.478 e. The zero-order valence-corrected chi connectivity index (χ0v) is 11.1. The summed E-state index contributed by atoms with van der Waals surface area (Å²) in [6, 6.07) is 3.54. The van der Waals surface area contributed by atoms with Crippen molar-refractivity contribution in [1.82, 2.24) is 0 Å². The van der Waals surface area contributed by atoms with Gasteiger partial charge in [-0.15, -0.1) is 0 Å². The zero-order chi connectivity index (χ0) is 12.9. The first kappa shape index (κ1) is 11.9. The van der Waals surface area contributed by atoms with E-state index in [1.54, 1.807) is 13.0 Å². The maximum atomic E-state index is 12.5. The Labute approximate surface area is 109 Å². The van der Waals surface area contributed by atoms with Gasteiger partial charge in [0.1, 0.15) is 0 Å². The number of hydrogen-bond donors (Lipinski definition) is 1. The molecule has 0 aromatic heterocycles. The highest BCUT2D eigenvalue weighted by atomic mass is 32.2. The van der Waals surface area contributed by atoms with Gasteiger partial charge in [-0.3, -0.25) is 4.21 Å². The van der Waals surface area contributed by atoms with Gasteiger partial charge >= 0.3 is 5.97 Å². The molecule has 0 aliphatic heterocycles. The lowest BCUT2D eigenvalue weighted by Crippen LogP contribution is -2.09. The number of hydrogen-bond acceptors (Lipinski definition) is 2. The quantitative estimate of drug-likeness (QED) is 0.909. The van der Waals surface area contributed by atoms with Gasteiger partial charge in [0.25, 0.3) is 0 Å². The molecule has 1 aromatic carbocycles. The SMILES string of the molecule is Cc1c(C(=O)O)ccc(C2CC2)c1[S@](=O)C1CC1. The minimum absolute atomic E-state index is 0.255. The highest BCUT2D eigenvalue weighted by molar-refractivity contribution is 7.86. The van der Waals surface area contributed by atoms with Crippen LogP contribution in [-0.2, 0) is 10.8 Å². The Morgan fingerprint density at radius 1 is 1.28 bits per heavy atom. The molecule has 1 atom stereocenters. The Morgan fingerprint density at radius 3 is 2.44 bits per heavy atom. The Balaban J connectivity index is 2.13. The first-order valence-corrected chi connectivity index (χ1v) is 7.58. The van der Waals surface area contributed by atoms with Crippen molar-refractivity contribution in [2.24, 2.45) is 0 Å². The van der Waals surface area contributed by atoms with Gasteiger partial charge in [-0.1, -0.05) is 6.07 Å². The molecule has 1 N–H and O–H groups in total. The molecule has 0 unspecified atom stereocenters. The summed E-state index contributed by atoms with van der Waals surface area (Å²) in [6.45, 7) is 1.80. The summed E-state index contributed by atoms with van der Waals surface area (Å²) in [5, 5.41) is 9.43. The van der Waals surface area contributed by atoms with E-state index in [9.17, 15) is 14.1 Å². The van der Waals surface area contributed by atoms with E-state index in [0.717, 1.165) is 36.1 Å². The van der Waals surface area contributed by atoms with E-state index in [1.165, 1.54) is 0 Å². The Kier molecular flexibility index (Phi) is 2.77. The van der Waals surface area contributed by atoms with Gasteiger partial charge in [-0.05, 0) is 55.7 Å². The number of aromatic carboxylic acids is 1. The lowest BCUT2D eigenvalue weighted by atomic mass is 10.0. The molecule has 2 aliphatic carbocycles. The summed E-state index contributed by atoms with van der Waals surface area (Å²) in [5.74, 6) is -0.423. The van der Waals surface area contributed by atoms with Crippen LogP contribution in [0.15, 0.2) is 17.0 Å². The molecule has 0 bridgehead atoms. The summed E-state index contributed by atoms with van der Waals surface area (Å²) < 4.78 is 12.5.